The van der Waals surface area contributed by atoms with Crippen molar-refractivity contribution in [2.45, 2.75) is 20.3 Å². The van der Waals surface area contributed by atoms with Gasteiger partial charge in [-0.3, -0.25) is 10.1 Å². The Bertz CT molecular complexity index is 706. The zero-order valence-corrected chi connectivity index (χ0v) is 13.9. The Morgan fingerprint density at radius 2 is 1.96 bits per heavy atom. The van der Waals surface area contributed by atoms with Crippen molar-refractivity contribution in [1.82, 2.24) is 9.97 Å². The highest BCUT2D eigenvalue weighted by Crippen LogP contribution is 2.34. The molecule has 2 rings (SSSR count). The molecular weight excluding hydrogens is 310 g/mol. The number of methoxy groups -OCH3 is 1. The summed E-state index contributed by atoms with van der Waals surface area (Å²) in [5.74, 6) is 1.38. The quantitative estimate of drug-likeness (QED) is 0.563. The minimum atomic E-state index is -0.491. The van der Waals surface area contributed by atoms with Crippen LogP contribution in [0, 0.1) is 16.0 Å². The highest BCUT2D eigenvalue weighted by molar-refractivity contribution is 5.75. The minimum absolute atomic E-state index is 0.117. The first-order valence-corrected chi connectivity index (χ1v) is 7.66. The number of nitrogens with zero attached hydrogens (tertiary/aromatic N) is 3. The van der Waals surface area contributed by atoms with E-state index in [9.17, 15) is 10.1 Å². The molecule has 0 saturated heterocycles. The van der Waals surface area contributed by atoms with Gasteiger partial charge in [0, 0.05) is 6.54 Å². The van der Waals surface area contributed by atoms with Crippen molar-refractivity contribution in [2.24, 2.45) is 5.92 Å². The Hall–Kier alpha value is -2.90. The third-order valence-electron chi connectivity index (χ3n) is 3.38. The maximum absolute atomic E-state index is 11.5. The lowest BCUT2D eigenvalue weighted by Gasteiger charge is -2.12. The molecule has 8 nitrogen and oxygen atoms in total. The van der Waals surface area contributed by atoms with Gasteiger partial charge >= 0.3 is 5.69 Å². The molecule has 2 aromatic rings. The van der Waals surface area contributed by atoms with Crippen molar-refractivity contribution in [3.63, 3.8) is 0 Å². The van der Waals surface area contributed by atoms with Crippen LogP contribution in [0.4, 0.5) is 23.0 Å². The van der Waals surface area contributed by atoms with Crippen LogP contribution in [-0.2, 0) is 0 Å². The second-order valence-electron chi connectivity index (χ2n) is 5.61. The third-order valence-corrected chi connectivity index (χ3v) is 3.38. The van der Waals surface area contributed by atoms with Crippen LogP contribution in [0.3, 0.4) is 0 Å². The van der Waals surface area contributed by atoms with E-state index in [0.29, 0.717) is 23.9 Å². The van der Waals surface area contributed by atoms with E-state index in [1.165, 1.54) is 13.4 Å². The molecule has 0 atom stereocenters. The van der Waals surface area contributed by atoms with Crippen LogP contribution in [0.5, 0.6) is 5.75 Å². The number of ether oxygens (including phenoxy) is 1. The molecule has 0 bridgehead atoms. The topological polar surface area (TPSA) is 102 Å². The number of nitro groups is 1. The van der Waals surface area contributed by atoms with Crippen molar-refractivity contribution in [3.8, 4) is 5.75 Å². The molecule has 128 valence electrons. The molecular formula is C16H21N5O3. The van der Waals surface area contributed by atoms with Gasteiger partial charge in [-0.1, -0.05) is 26.0 Å². The van der Waals surface area contributed by atoms with Crippen LogP contribution in [0.25, 0.3) is 0 Å². The minimum Gasteiger partial charge on any atom is -0.495 e. The van der Waals surface area contributed by atoms with E-state index in [1.54, 1.807) is 18.2 Å². The van der Waals surface area contributed by atoms with Crippen molar-refractivity contribution < 1.29 is 9.66 Å². The van der Waals surface area contributed by atoms with Gasteiger partial charge < -0.3 is 15.4 Å². The van der Waals surface area contributed by atoms with Gasteiger partial charge in [0.2, 0.25) is 11.6 Å². The molecule has 0 aliphatic rings. The van der Waals surface area contributed by atoms with E-state index in [1.807, 2.05) is 6.07 Å². The Labute approximate surface area is 140 Å². The molecule has 1 aromatic carbocycles. The first kappa shape index (κ1) is 17.5. The van der Waals surface area contributed by atoms with Crippen LogP contribution in [-0.4, -0.2) is 28.5 Å². The average Bonchev–Trinajstić information content (AvgIpc) is 2.55. The Morgan fingerprint density at radius 3 is 2.62 bits per heavy atom. The lowest BCUT2D eigenvalue weighted by atomic mass is 10.1. The first-order chi connectivity index (χ1) is 11.5. The Balaban J connectivity index is 2.30. The summed E-state index contributed by atoms with van der Waals surface area (Å²) < 4.78 is 5.25. The lowest BCUT2D eigenvalue weighted by Crippen LogP contribution is -2.10. The molecule has 0 radical (unpaired) electrons. The summed E-state index contributed by atoms with van der Waals surface area (Å²) in [4.78, 5) is 19.0. The number of benzene rings is 1. The zero-order valence-electron chi connectivity index (χ0n) is 13.9. The van der Waals surface area contributed by atoms with Gasteiger partial charge in [-0.2, -0.15) is 0 Å². The van der Waals surface area contributed by atoms with E-state index in [0.717, 1.165) is 6.42 Å². The average molecular weight is 331 g/mol. The summed E-state index contributed by atoms with van der Waals surface area (Å²) in [6.07, 6.45) is 2.18. The van der Waals surface area contributed by atoms with E-state index >= 15 is 0 Å². The van der Waals surface area contributed by atoms with E-state index in [-0.39, 0.29) is 17.3 Å². The Morgan fingerprint density at radius 1 is 1.25 bits per heavy atom. The van der Waals surface area contributed by atoms with Crippen molar-refractivity contribution in [2.75, 3.05) is 24.3 Å². The predicted octanol–water partition coefficient (Wildman–Crippen LogP) is 3.60. The van der Waals surface area contributed by atoms with Gasteiger partial charge in [0.15, 0.2) is 0 Å². The molecule has 0 fully saturated rings. The predicted molar refractivity (Wildman–Crippen MR) is 92.9 cm³/mol. The molecule has 0 saturated carbocycles. The Kier molecular flexibility index (Phi) is 5.89. The summed E-state index contributed by atoms with van der Waals surface area (Å²) in [6.45, 7) is 4.78. The summed E-state index contributed by atoms with van der Waals surface area (Å²) >= 11 is 0. The number of hydrogen-bond acceptors (Lipinski definition) is 7. The van der Waals surface area contributed by atoms with Gasteiger partial charge in [-0.25, -0.2) is 9.97 Å². The maximum Gasteiger partial charge on any atom is 0.353 e. The summed E-state index contributed by atoms with van der Waals surface area (Å²) in [5.41, 5.74) is 0.405. The summed E-state index contributed by atoms with van der Waals surface area (Å²) in [6, 6.07) is 7.14. The second-order valence-corrected chi connectivity index (χ2v) is 5.61. The third kappa shape index (κ3) is 4.31. The highest BCUT2D eigenvalue weighted by Gasteiger charge is 2.23. The van der Waals surface area contributed by atoms with E-state index in [2.05, 4.69) is 34.4 Å². The van der Waals surface area contributed by atoms with Crippen molar-refractivity contribution in [3.05, 3.63) is 40.7 Å². The molecule has 24 heavy (non-hydrogen) atoms. The van der Waals surface area contributed by atoms with Crippen molar-refractivity contribution in [1.29, 1.82) is 0 Å². The fourth-order valence-electron chi connectivity index (χ4n) is 2.13. The second kappa shape index (κ2) is 8.09. The number of rotatable bonds is 8. The van der Waals surface area contributed by atoms with Crippen molar-refractivity contribution >= 4 is 23.0 Å². The number of hydrogen-bond donors (Lipinski definition) is 2. The molecule has 8 heteroatoms. The standard InChI is InChI=1S/C16H21N5O3/c1-11(2)8-9-17-15-14(21(22)23)16(19-10-18-15)20-12-6-4-5-7-13(12)24-3/h4-7,10-11H,8-9H2,1-3H3,(H2,17,18,19,20). The number of nitrogens with one attached hydrogen (secondary N) is 2. The number of aromatic nitrogens is 2. The summed E-state index contributed by atoms with van der Waals surface area (Å²) in [5, 5.41) is 17.5. The SMILES string of the molecule is COc1ccccc1Nc1ncnc(NCCC(C)C)c1[N+](=O)[O-]. The fraction of sp³-hybridized carbons (Fsp3) is 0.375. The van der Waals surface area contributed by atoms with Crippen LogP contribution in [0.1, 0.15) is 20.3 Å². The normalized spacial score (nSPS) is 10.5. The smallest absolute Gasteiger partial charge is 0.353 e. The number of anilines is 3. The van der Waals surface area contributed by atoms with Crippen LogP contribution in [0.15, 0.2) is 30.6 Å². The van der Waals surface area contributed by atoms with Gasteiger partial charge in [0.25, 0.3) is 0 Å². The van der Waals surface area contributed by atoms with Crippen LogP contribution < -0.4 is 15.4 Å². The molecule has 0 spiro atoms. The number of para-hydroxylation sites is 2. The van der Waals surface area contributed by atoms with Gasteiger partial charge in [-0.05, 0) is 24.5 Å². The fourth-order valence-corrected chi connectivity index (χ4v) is 2.13. The summed E-state index contributed by atoms with van der Waals surface area (Å²) in [7, 11) is 1.54. The lowest BCUT2D eigenvalue weighted by molar-refractivity contribution is -0.383. The van der Waals surface area contributed by atoms with E-state index < -0.39 is 4.92 Å². The molecule has 0 aliphatic carbocycles. The largest absolute Gasteiger partial charge is 0.495 e. The molecule has 0 unspecified atom stereocenters. The molecule has 0 aliphatic heterocycles. The maximum atomic E-state index is 11.5. The van der Waals surface area contributed by atoms with Gasteiger partial charge in [0.05, 0.1) is 17.7 Å². The zero-order chi connectivity index (χ0) is 17.5. The molecule has 2 N–H and O–H groups in total. The monoisotopic (exact) mass is 331 g/mol. The van der Waals surface area contributed by atoms with Crippen LogP contribution in [0.2, 0.25) is 0 Å². The van der Waals surface area contributed by atoms with Gasteiger partial charge in [0.1, 0.15) is 12.1 Å². The highest BCUT2D eigenvalue weighted by atomic mass is 16.6. The molecule has 1 aromatic heterocycles. The first-order valence-electron chi connectivity index (χ1n) is 7.66. The van der Waals surface area contributed by atoms with E-state index in [4.69, 9.17) is 4.74 Å². The van der Waals surface area contributed by atoms with Crippen LogP contribution >= 0.6 is 0 Å². The molecule has 1 heterocycles. The molecule has 0 amide bonds. The van der Waals surface area contributed by atoms with Gasteiger partial charge in [-0.15, -0.1) is 0 Å².